The van der Waals surface area contributed by atoms with E-state index in [1.807, 2.05) is 0 Å². The third-order valence-corrected chi connectivity index (χ3v) is 1.95. The van der Waals surface area contributed by atoms with E-state index in [0.29, 0.717) is 0 Å². The first-order chi connectivity index (χ1) is 6.66. The first-order valence-corrected chi connectivity index (χ1v) is 4.38. The molecule has 0 saturated carbocycles. The lowest BCUT2D eigenvalue weighted by molar-refractivity contribution is -0.118. The van der Waals surface area contributed by atoms with Gasteiger partial charge in [0.1, 0.15) is 5.82 Å². The van der Waals surface area contributed by atoms with Crippen LogP contribution < -0.4 is 10.6 Å². The van der Waals surface area contributed by atoms with E-state index in [0.717, 1.165) is 0 Å². The maximum absolute atomic E-state index is 13.2. The summed E-state index contributed by atoms with van der Waals surface area (Å²) in [4.78, 5) is 12.7. The van der Waals surface area contributed by atoms with E-state index in [4.69, 9.17) is 5.73 Å². The lowest BCUT2D eigenvalue weighted by Gasteiger charge is -2.17. The van der Waals surface area contributed by atoms with Crippen molar-refractivity contribution in [1.29, 1.82) is 0 Å². The van der Waals surface area contributed by atoms with E-state index >= 15 is 0 Å². The molecule has 0 bridgehead atoms. The highest BCUT2D eigenvalue weighted by molar-refractivity contribution is 5.92. The molecule has 14 heavy (non-hydrogen) atoms. The second kappa shape index (κ2) is 4.72. The van der Waals surface area contributed by atoms with Crippen molar-refractivity contribution in [2.45, 2.75) is 6.42 Å². The van der Waals surface area contributed by atoms with Crippen LogP contribution in [0.15, 0.2) is 24.3 Å². The smallest absolute Gasteiger partial charge is 0.228 e. The monoisotopic (exact) mass is 196 g/mol. The van der Waals surface area contributed by atoms with Crippen LogP contribution in [0.3, 0.4) is 0 Å². The molecule has 0 heterocycles. The number of rotatable bonds is 3. The number of benzene rings is 1. The Labute approximate surface area is 82.3 Å². The zero-order chi connectivity index (χ0) is 10.6. The third-order valence-electron chi connectivity index (χ3n) is 1.95. The first-order valence-electron chi connectivity index (χ1n) is 4.38. The van der Waals surface area contributed by atoms with Gasteiger partial charge in [0.25, 0.3) is 0 Å². The lowest BCUT2D eigenvalue weighted by atomic mass is 10.2. The summed E-state index contributed by atoms with van der Waals surface area (Å²) in [5, 5.41) is 0. The second-order valence-corrected chi connectivity index (χ2v) is 2.94. The number of anilines is 1. The molecule has 76 valence electrons. The molecule has 0 atom stereocenters. The van der Waals surface area contributed by atoms with Gasteiger partial charge in [-0.2, -0.15) is 0 Å². The Balaban J connectivity index is 2.84. The van der Waals surface area contributed by atoms with E-state index in [9.17, 15) is 9.18 Å². The van der Waals surface area contributed by atoms with E-state index in [1.54, 1.807) is 18.2 Å². The summed E-state index contributed by atoms with van der Waals surface area (Å²) >= 11 is 0. The molecule has 0 aliphatic rings. The molecule has 1 aromatic carbocycles. The van der Waals surface area contributed by atoms with Crippen LogP contribution in [0, 0.1) is 5.82 Å². The Morgan fingerprint density at radius 3 is 2.71 bits per heavy atom. The molecule has 0 aliphatic carbocycles. The van der Waals surface area contributed by atoms with E-state index in [-0.39, 0.29) is 24.6 Å². The average molecular weight is 196 g/mol. The molecule has 0 spiro atoms. The van der Waals surface area contributed by atoms with Crippen LogP contribution in [0.2, 0.25) is 0 Å². The molecule has 1 rings (SSSR count). The number of carbonyl (C=O) groups excluding carboxylic acids is 1. The SMILES string of the molecule is CN(C(=O)CCN)c1ccccc1F. The van der Waals surface area contributed by atoms with Gasteiger partial charge in [0.2, 0.25) is 5.91 Å². The maximum Gasteiger partial charge on any atom is 0.228 e. The fraction of sp³-hybridized carbons (Fsp3) is 0.300. The highest BCUT2D eigenvalue weighted by atomic mass is 19.1. The Bertz CT molecular complexity index is 328. The van der Waals surface area contributed by atoms with Crippen molar-refractivity contribution >= 4 is 11.6 Å². The third kappa shape index (κ3) is 2.29. The van der Waals surface area contributed by atoms with Gasteiger partial charge in [0, 0.05) is 20.0 Å². The van der Waals surface area contributed by atoms with Crippen molar-refractivity contribution in [2.24, 2.45) is 5.73 Å². The summed E-state index contributed by atoms with van der Waals surface area (Å²) in [7, 11) is 1.54. The van der Waals surface area contributed by atoms with Gasteiger partial charge in [-0.05, 0) is 12.1 Å². The summed E-state index contributed by atoms with van der Waals surface area (Å²) in [5.74, 6) is -0.585. The Morgan fingerprint density at radius 1 is 1.50 bits per heavy atom. The number of nitrogens with two attached hydrogens (primary N) is 1. The fourth-order valence-electron chi connectivity index (χ4n) is 1.15. The van der Waals surface area contributed by atoms with Gasteiger partial charge in [-0.3, -0.25) is 4.79 Å². The normalized spacial score (nSPS) is 9.93. The van der Waals surface area contributed by atoms with Crippen molar-refractivity contribution < 1.29 is 9.18 Å². The molecule has 4 heteroatoms. The maximum atomic E-state index is 13.2. The second-order valence-electron chi connectivity index (χ2n) is 2.94. The average Bonchev–Trinajstić information content (AvgIpc) is 2.18. The minimum absolute atomic E-state index is 0.183. The summed E-state index contributed by atoms with van der Waals surface area (Å²) in [6, 6.07) is 6.15. The molecule has 0 aliphatic heterocycles. The van der Waals surface area contributed by atoms with Crippen LogP contribution in [0.4, 0.5) is 10.1 Å². The fourth-order valence-corrected chi connectivity index (χ4v) is 1.15. The molecular formula is C10H13FN2O. The van der Waals surface area contributed by atoms with Crippen LogP contribution in [0.1, 0.15) is 6.42 Å². The highest BCUT2D eigenvalue weighted by Gasteiger charge is 2.12. The summed E-state index contributed by atoms with van der Waals surface area (Å²) in [6.07, 6.45) is 0.227. The lowest BCUT2D eigenvalue weighted by Crippen LogP contribution is -2.28. The van der Waals surface area contributed by atoms with Gasteiger partial charge in [0.05, 0.1) is 5.69 Å². The summed E-state index contributed by atoms with van der Waals surface area (Å²) < 4.78 is 13.2. The number of hydrogen-bond donors (Lipinski definition) is 1. The first kappa shape index (κ1) is 10.7. The van der Waals surface area contributed by atoms with Crippen LogP contribution >= 0.6 is 0 Å². The van der Waals surface area contributed by atoms with Crippen molar-refractivity contribution in [1.82, 2.24) is 0 Å². The van der Waals surface area contributed by atoms with Gasteiger partial charge >= 0.3 is 0 Å². The summed E-state index contributed by atoms with van der Waals surface area (Å²) in [5.41, 5.74) is 5.53. The molecule has 2 N–H and O–H groups in total. The van der Waals surface area contributed by atoms with Gasteiger partial charge in [0.15, 0.2) is 0 Å². The van der Waals surface area contributed by atoms with Gasteiger partial charge in [-0.1, -0.05) is 12.1 Å². The number of halogens is 1. The van der Waals surface area contributed by atoms with Crippen LogP contribution in [-0.2, 0) is 4.79 Å². The molecule has 0 fully saturated rings. The quantitative estimate of drug-likeness (QED) is 0.787. The topological polar surface area (TPSA) is 46.3 Å². The molecule has 0 unspecified atom stereocenters. The predicted octanol–water partition coefficient (Wildman–Crippen LogP) is 1.14. The van der Waals surface area contributed by atoms with Gasteiger partial charge < -0.3 is 10.6 Å². The van der Waals surface area contributed by atoms with E-state index < -0.39 is 5.82 Å². The zero-order valence-electron chi connectivity index (χ0n) is 8.03. The minimum Gasteiger partial charge on any atom is -0.330 e. The van der Waals surface area contributed by atoms with Crippen molar-refractivity contribution in [3.63, 3.8) is 0 Å². The molecule has 1 amide bonds. The largest absolute Gasteiger partial charge is 0.330 e. The Morgan fingerprint density at radius 2 is 2.14 bits per heavy atom. The number of hydrogen-bond acceptors (Lipinski definition) is 2. The minimum atomic E-state index is -0.402. The van der Waals surface area contributed by atoms with Crippen LogP contribution in [-0.4, -0.2) is 19.5 Å². The molecule has 0 aromatic heterocycles. The van der Waals surface area contributed by atoms with Crippen LogP contribution in [0.5, 0.6) is 0 Å². The van der Waals surface area contributed by atoms with Gasteiger partial charge in [-0.25, -0.2) is 4.39 Å². The van der Waals surface area contributed by atoms with Crippen molar-refractivity contribution in [3.8, 4) is 0 Å². The number of para-hydroxylation sites is 1. The standard InChI is InChI=1S/C10H13FN2O/c1-13(10(14)6-7-12)9-5-3-2-4-8(9)11/h2-5H,6-7,12H2,1H3. The molecular weight excluding hydrogens is 183 g/mol. The Kier molecular flexibility index (Phi) is 3.59. The molecule has 1 aromatic rings. The van der Waals surface area contributed by atoms with Crippen LogP contribution in [0.25, 0.3) is 0 Å². The molecule has 0 saturated heterocycles. The molecule has 3 nitrogen and oxygen atoms in total. The number of amides is 1. The highest BCUT2D eigenvalue weighted by Crippen LogP contribution is 2.17. The summed E-state index contributed by atoms with van der Waals surface area (Å²) in [6.45, 7) is 0.275. The van der Waals surface area contributed by atoms with Crippen molar-refractivity contribution in [3.05, 3.63) is 30.1 Å². The predicted molar refractivity (Wildman–Crippen MR) is 53.5 cm³/mol. The number of nitrogens with zero attached hydrogens (tertiary/aromatic N) is 1. The van der Waals surface area contributed by atoms with Crippen molar-refractivity contribution in [2.75, 3.05) is 18.5 Å². The van der Waals surface area contributed by atoms with E-state index in [2.05, 4.69) is 0 Å². The Hall–Kier alpha value is -1.42. The zero-order valence-corrected chi connectivity index (χ0v) is 8.03. The molecule has 0 radical (unpaired) electrons. The van der Waals surface area contributed by atoms with Gasteiger partial charge in [-0.15, -0.1) is 0 Å². The van der Waals surface area contributed by atoms with E-state index in [1.165, 1.54) is 18.0 Å². The number of carbonyl (C=O) groups is 1.